The van der Waals surface area contributed by atoms with E-state index in [9.17, 15) is 9.59 Å². The van der Waals surface area contributed by atoms with Crippen LogP contribution in [0.15, 0.2) is 54.6 Å². The third-order valence-corrected chi connectivity index (χ3v) is 6.17. The molecule has 0 spiro atoms. The summed E-state index contributed by atoms with van der Waals surface area (Å²) in [6.45, 7) is 2.23. The Hall–Kier alpha value is -4.04. The van der Waals surface area contributed by atoms with Crippen LogP contribution in [0.25, 0.3) is 11.1 Å². The van der Waals surface area contributed by atoms with Crippen molar-refractivity contribution in [2.24, 2.45) is 0 Å². The van der Waals surface area contributed by atoms with E-state index in [1.54, 1.807) is 32.4 Å². The molecule has 3 aromatic rings. The Balaban J connectivity index is 1.55. The molecule has 2 amide bonds. The highest BCUT2D eigenvalue weighted by atomic mass is 16.5. The number of para-hydroxylation sites is 1. The largest absolute Gasteiger partial charge is 0.493 e. The molecule has 0 fully saturated rings. The van der Waals surface area contributed by atoms with Crippen LogP contribution < -0.4 is 25.4 Å². The van der Waals surface area contributed by atoms with Crippen LogP contribution in [0.2, 0.25) is 0 Å². The van der Waals surface area contributed by atoms with Crippen molar-refractivity contribution >= 4 is 23.2 Å². The Labute approximate surface area is 211 Å². The lowest BCUT2D eigenvalue weighted by molar-refractivity contribution is 0.0966. The van der Waals surface area contributed by atoms with Gasteiger partial charge in [0.05, 0.1) is 25.5 Å². The first-order valence-corrected chi connectivity index (χ1v) is 11.9. The van der Waals surface area contributed by atoms with Gasteiger partial charge in [0, 0.05) is 29.9 Å². The minimum absolute atomic E-state index is 0.221. The lowest BCUT2D eigenvalue weighted by Crippen LogP contribution is -2.17. The van der Waals surface area contributed by atoms with E-state index in [0.717, 1.165) is 41.9 Å². The predicted octanol–water partition coefficient (Wildman–Crippen LogP) is 4.23. The highest BCUT2D eigenvalue weighted by Crippen LogP contribution is 2.42. The maximum absolute atomic E-state index is 13.0. The average Bonchev–Trinajstić information content (AvgIpc) is 3.28. The number of carbonyl (C=O) groups is 2. The van der Waals surface area contributed by atoms with Gasteiger partial charge in [-0.1, -0.05) is 18.2 Å². The van der Waals surface area contributed by atoms with E-state index in [1.165, 1.54) is 0 Å². The third kappa shape index (κ3) is 5.28. The molecule has 8 nitrogen and oxygen atoms in total. The fraction of sp³-hybridized carbons (Fsp3) is 0.286. The summed E-state index contributed by atoms with van der Waals surface area (Å²) in [6.07, 6.45) is 1.03. The van der Waals surface area contributed by atoms with Gasteiger partial charge < -0.3 is 30.3 Å². The molecule has 3 N–H and O–H groups in total. The SMILES string of the molecule is COc1cccc(-c2ccc(NC(=O)c3ccc(NCCCN(C)C)cc3)c3c2CNC3=O)c1OC. The molecule has 0 saturated heterocycles. The first kappa shape index (κ1) is 25.1. The maximum atomic E-state index is 13.0. The predicted molar refractivity (Wildman–Crippen MR) is 142 cm³/mol. The zero-order valence-corrected chi connectivity index (χ0v) is 21.1. The Morgan fingerprint density at radius 2 is 1.78 bits per heavy atom. The molecule has 0 aromatic heterocycles. The lowest BCUT2D eigenvalue weighted by atomic mass is 9.94. The van der Waals surface area contributed by atoms with Crippen molar-refractivity contribution in [1.29, 1.82) is 0 Å². The van der Waals surface area contributed by atoms with Crippen LogP contribution in [0.1, 0.15) is 32.7 Å². The number of rotatable bonds is 10. The second-order valence-corrected chi connectivity index (χ2v) is 8.85. The molecule has 1 aliphatic heterocycles. The number of hydrogen-bond donors (Lipinski definition) is 3. The van der Waals surface area contributed by atoms with Gasteiger partial charge in [0.15, 0.2) is 11.5 Å². The quantitative estimate of drug-likeness (QED) is 0.370. The molecule has 8 heteroatoms. The Kier molecular flexibility index (Phi) is 7.75. The zero-order chi connectivity index (χ0) is 25.7. The summed E-state index contributed by atoms with van der Waals surface area (Å²) in [5, 5.41) is 9.17. The highest BCUT2D eigenvalue weighted by Gasteiger charge is 2.28. The van der Waals surface area contributed by atoms with Gasteiger partial charge in [0.1, 0.15) is 0 Å². The van der Waals surface area contributed by atoms with Crippen LogP contribution in [-0.4, -0.2) is 58.1 Å². The molecule has 0 bridgehead atoms. The zero-order valence-electron chi connectivity index (χ0n) is 21.1. The summed E-state index contributed by atoms with van der Waals surface area (Å²) in [5.41, 5.74) is 4.88. The molecule has 36 heavy (non-hydrogen) atoms. The number of benzene rings is 3. The molecule has 0 saturated carbocycles. The van der Waals surface area contributed by atoms with Gasteiger partial charge >= 0.3 is 0 Å². The molecular weight excluding hydrogens is 456 g/mol. The van der Waals surface area contributed by atoms with Gasteiger partial charge in [-0.2, -0.15) is 0 Å². The number of nitrogens with zero attached hydrogens (tertiary/aromatic N) is 1. The molecule has 1 heterocycles. The smallest absolute Gasteiger partial charge is 0.255 e. The second-order valence-electron chi connectivity index (χ2n) is 8.85. The van der Waals surface area contributed by atoms with Crippen molar-refractivity contribution in [3.8, 4) is 22.6 Å². The van der Waals surface area contributed by atoms with Crippen molar-refractivity contribution in [3.05, 3.63) is 71.3 Å². The average molecular weight is 489 g/mol. The van der Waals surface area contributed by atoms with Crippen molar-refractivity contribution < 1.29 is 19.1 Å². The monoisotopic (exact) mass is 488 g/mol. The summed E-state index contributed by atoms with van der Waals surface area (Å²) in [5.74, 6) is 0.701. The molecule has 3 aromatic carbocycles. The Morgan fingerprint density at radius 3 is 2.47 bits per heavy atom. The van der Waals surface area contributed by atoms with Gasteiger partial charge in [-0.05, 0) is 74.6 Å². The summed E-state index contributed by atoms with van der Waals surface area (Å²) >= 11 is 0. The van der Waals surface area contributed by atoms with Crippen LogP contribution in [-0.2, 0) is 6.54 Å². The second kappa shape index (κ2) is 11.1. The number of ether oxygens (including phenoxy) is 2. The van der Waals surface area contributed by atoms with Crippen molar-refractivity contribution in [2.45, 2.75) is 13.0 Å². The molecule has 0 atom stereocenters. The summed E-state index contributed by atoms with van der Waals surface area (Å²) in [7, 11) is 7.28. The van der Waals surface area contributed by atoms with Crippen molar-refractivity contribution in [2.75, 3.05) is 52.0 Å². The molecular formula is C28H32N4O4. The van der Waals surface area contributed by atoms with E-state index in [1.807, 2.05) is 36.4 Å². The number of carbonyl (C=O) groups excluding carboxylic acids is 2. The van der Waals surface area contributed by atoms with Gasteiger partial charge in [-0.15, -0.1) is 0 Å². The molecule has 0 unspecified atom stereocenters. The number of fused-ring (bicyclic) bond motifs is 1. The minimum atomic E-state index is -0.275. The fourth-order valence-corrected chi connectivity index (χ4v) is 4.37. The van der Waals surface area contributed by atoms with Gasteiger partial charge in [-0.3, -0.25) is 9.59 Å². The van der Waals surface area contributed by atoms with E-state index < -0.39 is 0 Å². The number of nitrogens with one attached hydrogen (secondary N) is 3. The summed E-state index contributed by atoms with van der Waals surface area (Å²) in [6, 6.07) is 16.6. The van der Waals surface area contributed by atoms with Crippen LogP contribution in [0, 0.1) is 0 Å². The van der Waals surface area contributed by atoms with Gasteiger partial charge in [0.2, 0.25) is 0 Å². The lowest BCUT2D eigenvalue weighted by Gasteiger charge is -2.16. The Bertz CT molecular complexity index is 1260. The molecule has 4 rings (SSSR count). The first-order chi connectivity index (χ1) is 17.4. The molecule has 0 radical (unpaired) electrons. The summed E-state index contributed by atoms with van der Waals surface area (Å²) in [4.78, 5) is 27.9. The minimum Gasteiger partial charge on any atom is -0.493 e. The van der Waals surface area contributed by atoms with Crippen LogP contribution in [0.5, 0.6) is 11.5 Å². The number of methoxy groups -OCH3 is 2. The summed E-state index contributed by atoms with van der Waals surface area (Å²) < 4.78 is 11.0. The normalized spacial score (nSPS) is 12.2. The molecule has 1 aliphatic rings. The van der Waals surface area contributed by atoms with E-state index in [0.29, 0.717) is 34.9 Å². The van der Waals surface area contributed by atoms with E-state index in [-0.39, 0.29) is 11.8 Å². The molecule has 188 valence electrons. The molecule has 0 aliphatic carbocycles. The topological polar surface area (TPSA) is 91.9 Å². The third-order valence-electron chi connectivity index (χ3n) is 6.17. The number of amides is 2. The van der Waals surface area contributed by atoms with E-state index in [2.05, 4.69) is 34.9 Å². The fourth-order valence-electron chi connectivity index (χ4n) is 4.37. The first-order valence-electron chi connectivity index (χ1n) is 11.9. The Morgan fingerprint density at radius 1 is 1.00 bits per heavy atom. The highest BCUT2D eigenvalue weighted by molar-refractivity contribution is 6.11. The van der Waals surface area contributed by atoms with Gasteiger partial charge in [0.25, 0.3) is 11.8 Å². The van der Waals surface area contributed by atoms with Crippen LogP contribution in [0.4, 0.5) is 11.4 Å². The maximum Gasteiger partial charge on any atom is 0.255 e. The van der Waals surface area contributed by atoms with Crippen molar-refractivity contribution in [3.63, 3.8) is 0 Å². The van der Waals surface area contributed by atoms with Gasteiger partial charge in [-0.25, -0.2) is 0 Å². The number of anilines is 2. The van der Waals surface area contributed by atoms with Crippen LogP contribution in [0.3, 0.4) is 0 Å². The van der Waals surface area contributed by atoms with E-state index in [4.69, 9.17) is 9.47 Å². The van der Waals surface area contributed by atoms with Crippen LogP contribution >= 0.6 is 0 Å². The standard InChI is InChI=1S/C28H32N4O4/c1-32(2)16-6-15-29-19-11-9-18(10-12-19)27(33)31-23-14-13-20(22-17-30-28(34)25(22)23)21-7-5-8-24(35-3)26(21)36-4/h5,7-14,29H,6,15-17H2,1-4H3,(H,30,34)(H,31,33). The van der Waals surface area contributed by atoms with Crippen molar-refractivity contribution in [1.82, 2.24) is 10.2 Å². The number of hydrogen-bond acceptors (Lipinski definition) is 6. The van der Waals surface area contributed by atoms with E-state index >= 15 is 0 Å².